The topological polar surface area (TPSA) is 32.3 Å². The van der Waals surface area contributed by atoms with Gasteiger partial charge in [0.25, 0.3) is 0 Å². The summed E-state index contributed by atoms with van der Waals surface area (Å²) in [7, 11) is 0. The molecule has 3 rings (SSSR count). The number of hydrogen-bond donors (Lipinski definition) is 1. The minimum absolute atomic E-state index is 0.207. The largest absolute Gasteiger partial charge is 0.312 e. The number of aryl methyl sites for hydroxylation is 1. The number of benzene rings is 2. The minimum Gasteiger partial charge on any atom is -0.312 e. The van der Waals surface area contributed by atoms with Crippen molar-refractivity contribution >= 4 is 11.6 Å². The number of anilines is 1. The quantitative estimate of drug-likeness (QED) is 0.858. The fourth-order valence-electron chi connectivity index (χ4n) is 3.20. The zero-order valence-corrected chi connectivity index (χ0v) is 13.9. The van der Waals surface area contributed by atoms with Gasteiger partial charge in [0.2, 0.25) is 5.91 Å². The average Bonchev–Trinajstić information content (AvgIpc) is 2.89. The second-order valence-electron chi connectivity index (χ2n) is 6.36. The van der Waals surface area contributed by atoms with Crippen LogP contribution in [0.15, 0.2) is 48.5 Å². The summed E-state index contributed by atoms with van der Waals surface area (Å²) in [4.78, 5) is 14.5. The fraction of sp³-hybridized carbons (Fsp3) is 0.350. The Morgan fingerprint density at radius 2 is 1.91 bits per heavy atom. The Morgan fingerprint density at radius 1 is 1.17 bits per heavy atom. The Kier molecular flexibility index (Phi) is 4.77. The van der Waals surface area contributed by atoms with Crippen LogP contribution in [0.1, 0.15) is 30.0 Å². The molecule has 1 amide bonds. The summed E-state index contributed by atoms with van der Waals surface area (Å²) >= 11 is 0. The van der Waals surface area contributed by atoms with Crippen LogP contribution in [0.25, 0.3) is 0 Å². The van der Waals surface area contributed by atoms with Crippen LogP contribution >= 0.6 is 0 Å². The van der Waals surface area contributed by atoms with Crippen molar-refractivity contribution in [2.24, 2.45) is 0 Å². The smallest absolute Gasteiger partial charge is 0.228 e. The third-order valence-corrected chi connectivity index (χ3v) is 4.44. The summed E-state index contributed by atoms with van der Waals surface area (Å²) in [6.07, 6.45) is 1.49. The number of carbonyl (C=O) groups excluding carboxylic acids is 1. The molecule has 2 aromatic rings. The first kappa shape index (κ1) is 15.8. The van der Waals surface area contributed by atoms with Crippen molar-refractivity contribution in [1.82, 2.24) is 5.32 Å². The van der Waals surface area contributed by atoms with Gasteiger partial charge in [-0.2, -0.15) is 0 Å². The maximum atomic E-state index is 12.6. The lowest BCUT2D eigenvalue weighted by atomic mass is 10.1. The molecule has 1 heterocycles. The predicted molar refractivity (Wildman–Crippen MR) is 94.6 cm³/mol. The van der Waals surface area contributed by atoms with Gasteiger partial charge in [-0.15, -0.1) is 0 Å². The molecule has 1 aliphatic heterocycles. The molecule has 0 aliphatic carbocycles. The third-order valence-electron chi connectivity index (χ3n) is 4.44. The highest BCUT2D eigenvalue weighted by Crippen LogP contribution is 2.32. The zero-order valence-electron chi connectivity index (χ0n) is 13.9. The van der Waals surface area contributed by atoms with Gasteiger partial charge in [0, 0.05) is 31.2 Å². The van der Waals surface area contributed by atoms with Crippen LogP contribution in [0, 0.1) is 6.92 Å². The average molecular weight is 308 g/mol. The van der Waals surface area contributed by atoms with Gasteiger partial charge < -0.3 is 10.2 Å². The normalized spacial score (nSPS) is 16.4. The van der Waals surface area contributed by atoms with Gasteiger partial charge >= 0.3 is 0 Å². The number of fused-ring (bicyclic) bond motifs is 1. The lowest BCUT2D eigenvalue weighted by molar-refractivity contribution is -0.118. The number of amides is 1. The van der Waals surface area contributed by atoms with E-state index in [0.29, 0.717) is 13.0 Å². The molecule has 0 saturated heterocycles. The molecule has 120 valence electrons. The highest BCUT2D eigenvalue weighted by atomic mass is 16.2. The molecule has 1 unspecified atom stereocenters. The molecular weight excluding hydrogens is 284 g/mol. The number of para-hydroxylation sites is 1. The van der Waals surface area contributed by atoms with Gasteiger partial charge in [0.15, 0.2) is 0 Å². The van der Waals surface area contributed by atoms with Crippen molar-refractivity contribution in [3.63, 3.8) is 0 Å². The van der Waals surface area contributed by atoms with Gasteiger partial charge in [-0.1, -0.05) is 48.0 Å². The molecule has 3 nitrogen and oxygen atoms in total. The van der Waals surface area contributed by atoms with Crippen molar-refractivity contribution in [2.75, 3.05) is 11.4 Å². The number of nitrogens with zero attached hydrogens (tertiary/aromatic N) is 1. The molecule has 0 bridgehead atoms. The number of rotatable bonds is 5. The Morgan fingerprint density at radius 3 is 2.70 bits per heavy atom. The third kappa shape index (κ3) is 3.62. The maximum absolute atomic E-state index is 12.6. The Bertz CT molecular complexity index is 678. The van der Waals surface area contributed by atoms with Gasteiger partial charge in [-0.3, -0.25) is 4.79 Å². The van der Waals surface area contributed by atoms with Crippen LogP contribution < -0.4 is 10.2 Å². The molecule has 1 N–H and O–H groups in total. The van der Waals surface area contributed by atoms with Crippen molar-refractivity contribution in [3.05, 3.63) is 65.2 Å². The molecule has 23 heavy (non-hydrogen) atoms. The first-order valence-electron chi connectivity index (χ1n) is 8.31. The van der Waals surface area contributed by atoms with Crippen LogP contribution in [0.5, 0.6) is 0 Å². The van der Waals surface area contributed by atoms with Crippen LogP contribution in [-0.2, 0) is 17.8 Å². The van der Waals surface area contributed by atoms with Crippen molar-refractivity contribution < 1.29 is 4.79 Å². The lowest BCUT2D eigenvalue weighted by Gasteiger charge is -2.22. The highest BCUT2D eigenvalue weighted by molar-refractivity contribution is 5.96. The second-order valence-corrected chi connectivity index (χ2v) is 6.36. The fourth-order valence-corrected chi connectivity index (χ4v) is 3.20. The second kappa shape index (κ2) is 6.97. The van der Waals surface area contributed by atoms with Gasteiger partial charge in [-0.05, 0) is 37.5 Å². The van der Waals surface area contributed by atoms with Crippen molar-refractivity contribution in [1.29, 1.82) is 0 Å². The van der Waals surface area contributed by atoms with Crippen LogP contribution in [0.3, 0.4) is 0 Å². The number of hydrogen-bond acceptors (Lipinski definition) is 2. The summed E-state index contributed by atoms with van der Waals surface area (Å²) in [6.45, 7) is 5.72. The zero-order chi connectivity index (χ0) is 16.2. The standard InChI is InChI=1S/C20H24N2O/c1-15-7-9-17(10-8-15)14-21-12-11-20(23)22-16(2)13-18-5-3-4-6-19(18)22/h3-10,16,21H,11-14H2,1-2H3. The Labute approximate surface area is 138 Å². The van der Waals surface area contributed by atoms with Gasteiger partial charge in [0.1, 0.15) is 0 Å². The summed E-state index contributed by atoms with van der Waals surface area (Å²) in [5.74, 6) is 0.207. The van der Waals surface area contributed by atoms with E-state index in [9.17, 15) is 4.79 Å². The van der Waals surface area contributed by atoms with E-state index in [-0.39, 0.29) is 11.9 Å². The Balaban J connectivity index is 1.51. The molecule has 2 aromatic carbocycles. The summed E-state index contributed by atoms with van der Waals surface area (Å²) in [5.41, 5.74) is 4.89. The van der Waals surface area contributed by atoms with Crippen LogP contribution in [0.4, 0.5) is 5.69 Å². The lowest BCUT2D eigenvalue weighted by Crippen LogP contribution is -2.37. The van der Waals surface area contributed by atoms with Crippen LogP contribution in [0.2, 0.25) is 0 Å². The number of carbonyl (C=O) groups is 1. The van der Waals surface area contributed by atoms with Crippen LogP contribution in [-0.4, -0.2) is 18.5 Å². The first-order valence-corrected chi connectivity index (χ1v) is 8.31. The summed E-state index contributed by atoms with van der Waals surface area (Å²) < 4.78 is 0. The van der Waals surface area contributed by atoms with E-state index in [1.54, 1.807) is 0 Å². The summed E-state index contributed by atoms with van der Waals surface area (Å²) in [5, 5.41) is 3.37. The molecule has 0 radical (unpaired) electrons. The SMILES string of the molecule is Cc1ccc(CNCCC(=O)N2c3ccccc3CC2C)cc1. The Hall–Kier alpha value is -2.13. The van der Waals surface area contributed by atoms with Gasteiger partial charge in [0.05, 0.1) is 0 Å². The van der Waals surface area contributed by atoms with E-state index >= 15 is 0 Å². The van der Waals surface area contributed by atoms with E-state index in [1.807, 2.05) is 17.0 Å². The molecule has 0 fully saturated rings. The predicted octanol–water partition coefficient (Wildman–Crippen LogP) is 3.45. The van der Waals surface area contributed by atoms with E-state index in [0.717, 1.165) is 18.7 Å². The van der Waals surface area contributed by atoms with E-state index in [2.05, 4.69) is 55.6 Å². The van der Waals surface area contributed by atoms with E-state index in [4.69, 9.17) is 0 Å². The molecule has 0 aromatic heterocycles. The van der Waals surface area contributed by atoms with E-state index in [1.165, 1.54) is 16.7 Å². The van der Waals surface area contributed by atoms with E-state index < -0.39 is 0 Å². The molecular formula is C20H24N2O. The number of nitrogens with one attached hydrogen (secondary N) is 1. The van der Waals surface area contributed by atoms with Crippen molar-refractivity contribution in [2.45, 2.75) is 39.3 Å². The first-order chi connectivity index (χ1) is 11.1. The molecule has 1 aliphatic rings. The molecule has 0 saturated carbocycles. The molecule has 1 atom stereocenters. The van der Waals surface area contributed by atoms with Gasteiger partial charge in [-0.25, -0.2) is 0 Å². The highest BCUT2D eigenvalue weighted by Gasteiger charge is 2.29. The molecule has 0 spiro atoms. The summed E-state index contributed by atoms with van der Waals surface area (Å²) in [6, 6.07) is 17.0. The van der Waals surface area contributed by atoms with Crippen molar-refractivity contribution in [3.8, 4) is 0 Å². The monoisotopic (exact) mass is 308 g/mol. The maximum Gasteiger partial charge on any atom is 0.228 e. The molecule has 3 heteroatoms. The minimum atomic E-state index is 0.207.